The van der Waals surface area contributed by atoms with Crippen LogP contribution in [0.1, 0.15) is 15.9 Å². The quantitative estimate of drug-likeness (QED) is 0.468. The largest absolute Gasteiger partial charge is 0.496 e. The van der Waals surface area contributed by atoms with Gasteiger partial charge in [-0.1, -0.05) is 0 Å². The first-order valence-corrected chi connectivity index (χ1v) is 5.40. The molecule has 6 heteroatoms. The second-order valence-corrected chi connectivity index (χ2v) is 3.70. The van der Waals surface area contributed by atoms with Gasteiger partial charge in [-0.25, -0.2) is 5.84 Å². The van der Waals surface area contributed by atoms with Gasteiger partial charge in [0, 0.05) is 23.5 Å². The molecule has 0 aliphatic rings. The molecule has 0 bridgehead atoms. The third-order valence-corrected chi connectivity index (χ3v) is 2.57. The number of ether oxygens (including phenoxy) is 1. The fourth-order valence-corrected chi connectivity index (χ4v) is 1.70. The van der Waals surface area contributed by atoms with E-state index in [9.17, 15) is 4.79 Å². The molecule has 0 atom stereocenters. The summed E-state index contributed by atoms with van der Waals surface area (Å²) in [6.45, 7) is 0.530. The molecule has 1 amide bonds. The number of nitrogen functional groups attached to an aromatic ring is 1. The average Bonchev–Trinajstić information content (AvgIpc) is 2.90. The number of aromatic nitrogens is 2. The maximum atomic E-state index is 11.5. The summed E-state index contributed by atoms with van der Waals surface area (Å²) in [4.78, 5) is 11.5. The number of hydrogen-bond donors (Lipinski definition) is 2. The molecule has 0 aliphatic carbocycles. The summed E-state index contributed by atoms with van der Waals surface area (Å²) < 4.78 is 7.01. The van der Waals surface area contributed by atoms with Crippen molar-refractivity contribution in [3.63, 3.8) is 0 Å². The highest BCUT2D eigenvalue weighted by Crippen LogP contribution is 2.20. The van der Waals surface area contributed by atoms with Crippen LogP contribution in [0.25, 0.3) is 0 Å². The Morgan fingerprint density at radius 3 is 3.00 bits per heavy atom. The molecule has 0 saturated heterocycles. The molecule has 2 rings (SSSR count). The van der Waals surface area contributed by atoms with E-state index in [4.69, 9.17) is 10.6 Å². The van der Waals surface area contributed by atoms with Crippen LogP contribution in [0.5, 0.6) is 5.75 Å². The van der Waals surface area contributed by atoms with Gasteiger partial charge in [0.15, 0.2) is 0 Å². The Balaban J connectivity index is 2.33. The maximum Gasteiger partial charge on any atom is 0.265 e. The summed E-state index contributed by atoms with van der Waals surface area (Å²) in [5.74, 6) is 5.49. The average molecular weight is 246 g/mol. The van der Waals surface area contributed by atoms with Gasteiger partial charge >= 0.3 is 0 Å². The standard InChI is InChI=1S/C12H14N4O2/c1-18-11-4-3-9(12(17)15-13)7-10(11)8-16-6-2-5-14-16/h2-7H,8,13H2,1H3,(H,15,17). The zero-order valence-electron chi connectivity index (χ0n) is 9.96. The lowest BCUT2D eigenvalue weighted by atomic mass is 10.1. The lowest BCUT2D eigenvalue weighted by molar-refractivity contribution is 0.0953. The van der Waals surface area contributed by atoms with Crippen LogP contribution in [0.15, 0.2) is 36.7 Å². The van der Waals surface area contributed by atoms with Crippen LogP contribution in [-0.2, 0) is 6.54 Å². The lowest BCUT2D eigenvalue weighted by Gasteiger charge is -2.10. The summed E-state index contributed by atoms with van der Waals surface area (Å²) in [7, 11) is 1.59. The van der Waals surface area contributed by atoms with Crippen molar-refractivity contribution in [3.8, 4) is 5.75 Å². The predicted octanol–water partition coefficient (Wildman–Crippen LogP) is 0.543. The third kappa shape index (κ3) is 2.49. The number of benzene rings is 1. The fraction of sp³-hybridized carbons (Fsp3) is 0.167. The number of carbonyl (C=O) groups excluding carboxylic acids is 1. The topological polar surface area (TPSA) is 82.2 Å². The molecular weight excluding hydrogens is 232 g/mol. The number of rotatable bonds is 4. The van der Waals surface area contributed by atoms with Crippen LogP contribution in [0, 0.1) is 0 Å². The van der Waals surface area contributed by atoms with E-state index in [1.54, 1.807) is 36.2 Å². The molecule has 1 heterocycles. The van der Waals surface area contributed by atoms with Crippen molar-refractivity contribution in [2.45, 2.75) is 6.54 Å². The van der Waals surface area contributed by atoms with Crippen LogP contribution in [0.4, 0.5) is 0 Å². The van der Waals surface area contributed by atoms with E-state index in [2.05, 4.69) is 10.5 Å². The molecule has 0 unspecified atom stereocenters. The monoisotopic (exact) mass is 246 g/mol. The second kappa shape index (κ2) is 5.33. The number of nitrogens with one attached hydrogen (secondary N) is 1. The van der Waals surface area contributed by atoms with Gasteiger partial charge in [0.2, 0.25) is 0 Å². The highest BCUT2D eigenvalue weighted by molar-refractivity contribution is 5.94. The minimum absolute atomic E-state index is 0.334. The van der Waals surface area contributed by atoms with E-state index < -0.39 is 0 Å². The van der Waals surface area contributed by atoms with E-state index in [1.165, 1.54) is 0 Å². The Bertz CT molecular complexity index is 537. The van der Waals surface area contributed by atoms with Crippen LogP contribution >= 0.6 is 0 Å². The molecule has 0 aliphatic heterocycles. The molecule has 3 N–H and O–H groups in total. The first-order valence-electron chi connectivity index (χ1n) is 5.40. The molecule has 1 aromatic heterocycles. The molecule has 0 fully saturated rings. The van der Waals surface area contributed by atoms with Crippen LogP contribution in [0.3, 0.4) is 0 Å². The number of methoxy groups -OCH3 is 1. The molecule has 94 valence electrons. The number of hydrazine groups is 1. The number of hydrogen-bond acceptors (Lipinski definition) is 4. The van der Waals surface area contributed by atoms with Crippen molar-refractivity contribution >= 4 is 5.91 Å². The van der Waals surface area contributed by atoms with Crippen molar-refractivity contribution < 1.29 is 9.53 Å². The highest BCUT2D eigenvalue weighted by Gasteiger charge is 2.09. The fourth-order valence-electron chi connectivity index (χ4n) is 1.70. The second-order valence-electron chi connectivity index (χ2n) is 3.70. The van der Waals surface area contributed by atoms with Crippen molar-refractivity contribution in [1.82, 2.24) is 15.2 Å². The van der Waals surface area contributed by atoms with E-state index in [-0.39, 0.29) is 5.91 Å². The van der Waals surface area contributed by atoms with E-state index in [1.807, 2.05) is 12.3 Å². The van der Waals surface area contributed by atoms with Crippen LogP contribution in [-0.4, -0.2) is 22.8 Å². The lowest BCUT2D eigenvalue weighted by Crippen LogP contribution is -2.30. The maximum absolute atomic E-state index is 11.5. The number of nitrogens with zero attached hydrogens (tertiary/aromatic N) is 2. The Morgan fingerprint density at radius 2 is 2.39 bits per heavy atom. The minimum atomic E-state index is -0.334. The van der Waals surface area contributed by atoms with Gasteiger partial charge in [-0.15, -0.1) is 0 Å². The smallest absolute Gasteiger partial charge is 0.265 e. The Kier molecular flexibility index (Phi) is 3.59. The first-order chi connectivity index (χ1) is 8.74. The van der Waals surface area contributed by atoms with Crippen LogP contribution in [0.2, 0.25) is 0 Å². The SMILES string of the molecule is COc1ccc(C(=O)NN)cc1Cn1cccn1. The predicted molar refractivity (Wildman–Crippen MR) is 66.0 cm³/mol. The number of amides is 1. The molecule has 0 spiro atoms. The van der Waals surface area contributed by atoms with Gasteiger partial charge in [0.1, 0.15) is 5.75 Å². The molecule has 0 radical (unpaired) electrons. The normalized spacial score (nSPS) is 10.1. The Morgan fingerprint density at radius 1 is 1.56 bits per heavy atom. The molecule has 6 nitrogen and oxygen atoms in total. The van der Waals surface area contributed by atoms with Crippen molar-refractivity contribution in [2.75, 3.05) is 7.11 Å². The summed E-state index contributed by atoms with van der Waals surface area (Å²) in [5.41, 5.74) is 3.45. The minimum Gasteiger partial charge on any atom is -0.496 e. The zero-order valence-corrected chi connectivity index (χ0v) is 9.96. The summed E-state index contributed by atoms with van der Waals surface area (Å²) in [5, 5.41) is 4.12. The summed E-state index contributed by atoms with van der Waals surface area (Å²) in [6.07, 6.45) is 3.54. The van der Waals surface area contributed by atoms with Gasteiger partial charge in [-0.05, 0) is 24.3 Å². The van der Waals surface area contributed by atoms with E-state index in [0.717, 1.165) is 5.56 Å². The number of carbonyl (C=O) groups is 1. The molecule has 0 saturated carbocycles. The number of nitrogens with two attached hydrogens (primary N) is 1. The van der Waals surface area contributed by atoms with Crippen molar-refractivity contribution in [3.05, 3.63) is 47.8 Å². The van der Waals surface area contributed by atoms with Gasteiger partial charge in [-0.2, -0.15) is 5.10 Å². The molecule has 18 heavy (non-hydrogen) atoms. The molecule has 2 aromatic rings. The highest BCUT2D eigenvalue weighted by atomic mass is 16.5. The van der Waals surface area contributed by atoms with Gasteiger partial charge in [0.25, 0.3) is 5.91 Å². The van der Waals surface area contributed by atoms with Gasteiger partial charge in [0.05, 0.1) is 13.7 Å². The van der Waals surface area contributed by atoms with Gasteiger partial charge < -0.3 is 4.74 Å². The van der Waals surface area contributed by atoms with Gasteiger partial charge in [-0.3, -0.25) is 14.9 Å². The Labute approximate surface area is 104 Å². The van der Waals surface area contributed by atoms with E-state index >= 15 is 0 Å². The van der Waals surface area contributed by atoms with E-state index in [0.29, 0.717) is 17.9 Å². The van der Waals surface area contributed by atoms with Crippen LogP contribution < -0.4 is 16.0 Å². The molecular formula is C12H14N4O2. The summed E-state index contributed by atoms with van der Waals surface area (Å²) >= 11 is 0. The summed E-state index contributed by atoms with van der Waals surface area (Å²) in [6, 6.07) is 6.97. The zero-order chi connectivity index (χ0) is 13.0. The Hall–Kier alpha value is -2.34. The first kappa shape index (κ1) is 12.1. The molecule has 1 aromatic carbocycles. The van der Waals surface area contributed by atoms with Crippen molar-refractivity contribution in [1.29, 1.82) is 0 Å². The third-order valence-electron chi connectivity index (χ3n) is 2.57. The van der Waals surface area contributed by atoms with Crippen molar-refractivity contribution in [2.24, 2.45) is 5.84 Å².